The van der Waals surface area contributed by atoms with Crippen molar-refractivity contribution in [3.05, 3.63) is 101 Å². The Labute approximate surface area is 204 Å². The monoisotopic (exact) mass is 476 g/mol. The first-order valence-electron chi connectivity index (χ1n) is 11.5. The smallest absolute Gasteiger partial charge is 0.257 e. The standard InChI is InChI=1S/C27H26ClFN4O/c28-22-12-10-21(11-13-22)26-18-24(20-6-2-1-3-7-20)30-33(26)27(34)19-31-14-16-32(17-15-31)25-9-5-4-8-23(25)29/h1-13,26H,14-19H2/t26-/m0/s1. The molecule has 5 rings (SSSR count). The molecule has 3 aromatic carbocycles. The van der Waals surface area contributed by atoms with Crippen molar-refractivity contribution in [1.29, 1.82) is 0 Å². The Hall–Kier alpha value is -3.22. The second-order valence-corrected chi connectivity index (χ2v) is 9.07. The van der Waals surface area contributed by atoms with Crippen LogP contribution in [0, 0.1) is 5.82 Å². The number of hydrogen-bond acceptors (Lipinski definition) is 4. The summed E-state index contributed by atoms with van der Waals surface area (Å²) in [5, 5.41) is 7.06. The van der Waals surface area contributed by atoms with E-state index in [2.05, 4.69) is 4.90 Å². The van der Waals surface area contributed by atoms with E-state index in [1.54, 1.807) is 17.1 Å². The van der Waals surface area contributed by atoms with Gasteiger partial charge in [-0.1, -0.05) is 66.2 Å². The van der Waals surface area contributed by atoms with Gasteiger partial charge in [0.2, 0.25) is 0 Å². The Bertz CT molecular complexity index is 1180. The van der Waals surface area contributed by atoms with Gasteiger partial charge in [0.25, 0.3) is 5.91 Å². The van der Waals surface area contributed by atoms with E-state index in [-0.39, 0.29) is 24.3 Å². The Kier molecular flexibility index (Phi) is 6.61. The molecule has 0 saturated carbocycles. The van der Waals surface area contributed by atoms with E-state index in [0.29, 0.717) is 43.3 Å². The molecule has 5 nitrogen and oxygen atoms in total. The Balaban J connectivity index is 1.30. The molecule has 0 unspecified atom stereocenters. The summed E-state index contributed by atoms with van der Waals surface area (Å²) in [6.45, 7) is 3.01. The third-order valence-electron chi connectivity index (χ3n) is 6.45. The minimum atomic E-state index is -0.210. The lowest BCUT2D eigenvalue weighted by Gasteiger charge is -2.36. The van der Waals surface area contributed by atoms with Gasteiger partial charge in [-0.2, -0.15) is 5.10 Å². The lowest BCUT2D eigenvalue weighted by molar-refractivity contribution is -0.134. The van der Waals surface area contributed by atoms with Gasteiger partial charge >= 0.3 is 0 Å². The highest BCUT2D eigenvalue weighted by Crippen LogP contribution is 2.33. The molecule has 0 aliphatic carbocycles. The number of hydrogen-bond donors (Lipinski definition) is 0. The van der Waals surface area contributed by atoms with Crippen LogP contribution in [-0.2, 0) is 4.79 Å². The molecule has 1 saturated heterocycles. The van der Waals surface area contributed by atoms with Crippen LogP contribution in [0.25, 0.3) is 0 Å². The minimum Gasteiger partial charge on any atom is -0.367 e. The van der Waals surface area contributed by atoms with Gasteiger partial charge in [-0.25, -0.2) is 9.40 Å². The average Bonchev–Trinajstić information content (AvgIpc) is 3.32. The molecule has 0 N–H and O–H groups in total. The highest BCUT2D eigenvalue weighted by molar-refractivity contribution is 6.30. The summed E-state index contributed by atoms with van der Waals surface area (Å²) in [4.78, 5) is 17.6. The van der Waals surface area contributed by atoms with Gasteiger partial charge in [-0.05, 0) is 35.4 Å². The number of rotatable bonds is 5. The molecule has 0 spiro atoms. The van der Waals surface area contributed by atoms with Crippen molar-refractivity contribution in [2.45, 2.75) is 12.5 Å². The number of nitrogens with zero attached hydrogens (tertiary/aromatic N) is 4. The van der Waals surface area contributed by atoms with Crippen molar-refractivity contribution in [2.24, 2.45) is 5.10 Å². The molecule has 2 heterocycles. The molecule has 1 amide bonds. The molecule has 0 aromatic heterocycles. The van der Waals surface area contributed by atoms with Crippen LogP contribution in [0.1, 0.15) is 23.6 Å². The van der Waals surface area contributed by atoms with E-state index in [1.807, 2.05) is 65.6 Å². The van der Waals surface area contributed by atoms with Crippen molar-refractivity contribution in [3.63, 3.8) is 0 Å². The first-order valence-corrected chi connectivity index (χ1v) is 11.9. The number of para-hydroxylation sites is 1. The fourth-order valence-corrected chi connectivity index (χ4v) is 4.73. The zero-order valence-electron chi connectivity index (χ0n) is 18.8. The van der Waals surface area contributed by atoms with E-state index in [0.717, 1.165) is 16.8 Å². The van der Waals surface area contributed by atoms with Gasteiger partial charge in [0.05, 0.1) is 24.0 Å². The summed E-state index contributed by atoms with van der Waals surface area (Å²) in [5.41, 5.74) is 3.55. The number of carbonyl (C=O) groups is 1. The number of piperazine rings is 1. The summed E-state index contributed by atoms with van der Waals surface area (Å²) in [6.07, 6.45) is 0.651. The summed E-state index contributed by atoms with van der Waals surface area (Å²) in [5.74, 6) is -0.247. The number of anilines is 1. The predicted octanol–water partition coefficient (Wildman–Crippen LogP) is 4.98. The van der Waals surface area contributed by atoms with E-state index in [9.17, 15) is 9.18 Å². The molecule has 0 bridgehead atoms. The zero-order valence-corrected chi connectivity index (χ0v) is 19.5. The molecular weight excluding hydrogens is 451 g/mol. The molecular formula is C27H26ClFN4O. The van der Waals surface area contributed by atoms with Crippen molar-refractivity contribution in [1.82, 2.24) is 9.91 Å². The summed E-state index contributed by atoms with van der Waals surface area (Å²) >= 11 is 6.09. The number of amides is 1. The second kappa shape index (κ2) is 9.95. The van der Waals surface area contributed by atoms with Crippen LogP contribution in [0.2, 0.25) is 5.02 Å². The van der Waals surface area contributed by atoms with Gasteiger partial charge in [0, 0.05) is 37.6 Å². The van der Waals surface area contributed by atoms with Crippen LogP contribution in [0.4, 0.5) is 10.1 Å². The van der Waals surface area contributed by atoms with E-state index in [4.69, 9.17) is 16.7 Å². The number of carbonyl (C=O) groups excluding carboxylic acids is 1. The Morgan fingerprint density at radius 2 is 1.59 bits per heavy atom. The molecule has 3 aromatic rings. The maximum Gasteiger partial charge on any atom is 0.257 e. The molecule has 174 valence electrons. The van der Waals surface area contributed by atoms with E-state index in [1.165, 1.54) is 6.07 Å². The van der Waals surface area contributed by atoms with Crippen LogP contribution >= 0.6 is 11.6 Å². The normalized spacial score (nSPS) is 18.8. The first kappa shape index (κ1) is 22.6. The van der Waals surface area contributed by atoms with Crippen molar-refractivity contribution in [3.8, 4) is 0 Å². The maximum atomic E-state index is 14.2. The summed E-state index contributed by atoms with van der Waals surface area (Å²) in [6, 6.07) is 24.3. The molecule has 2 aliphatic heterocycles. The van der Waals surface area contributed by atoms with E-state index >= 15 is 0 Å². The van der Waals surface area contributed by atoms with Gasteiger partial charge in [0.1, 0.15) is 5.82 Å². The average molecular weight is 477 g/mol. The van der Waals surface area contributed by atoms with Crippen LogP contribution in [0.3, 0.4) is 0 Å². The molecule has 0 radical (unpaired) electrons. The van der Waals surface area contributed by atoms with Crippen molar-refractivity contribution < 1.29 is 9.18 Å². The summed E-state index contributed by atoms with van der Waals surface area (Å²) < 4.78 is 14.2. The topological polar surface area (TPSA) is 39.2 Å². The summed E-state index contributed by atoms with van der Waals surface area (Å²) in [7, 11) is 0. The lowest BCUT2D eigenvalue weighted by Crippen LogP contribution is -2.49. The van der Waals surface area contributed by atoms with Gasteiger partial charge < -0.3 is 4.90 Å². The van der Waals surface area contributed by atoms with Crippen LogP contribution in [0.15, 0.2) is 84.0 Å². The zero-order chi connectivity index (χ0) is 23.5. The number of hydrazone groups is 1. The van der Waals surface area contributed by atoms with Crippen molar-refractivity contribution in [2.75, 3.05) is 37.6 Å². The molecule has 7 heteroatoms. The first-order chi connectivity index (χ1) is 16.6. The highest BCUT2D eigenvalue weighted by Gasteiger charge is 2.34. The Morgan fingerprint density at radius 3 is 2.29 bits per heavy atom. The van der Waals surface area contributed by atoms with Crippen LogP contribution < -0.4 is 4.90 Å². The highest BCUT2D eigenvalue weighted by atomic mass is 35.5. The Morgan fingerprint density at radius 1 is 0.912 bits per heavy atom. The second-order valence-electron chi connectivity index (χ2n) is 8.64. The van der Waals surface area contributed by atoms with Crippen LogP contribution in [-0.4, -0.2) is 54.3 Å². The quantitative estimate of drug-likeness (QED) is 0.521. The van der Waals surface area contributed by atoms with Gasteiger partial charge in [0.15, 0.2) is 0 Å². The third kappa shape index (κ3) is 4.83. The predicted molar refractivity (Wildman–Crippen MR) is 134 cm³/mol. The molecule has 2 aliphatic rings. The number of benzene rings is 3. The minimum absolute atomic E-state index is 0.0368. The SMILES string of the molecule is O=C(CN1CCN(c2ccccc2F)CC1)N1N=C(c2ccccc2)C[C@H]1c1ccc(Cl)cc1. The fourth-order valence-electron chi connectivity index (χ4n) is 4.61. The van der Waals surface area contributed by atoms with Crippen molar-refractivity contribution >= 4 is 28.9 Å². The molecule has 34 heavy (non-hydrogen) atoms. The fraction of sp³-hybridized carbons (Fsp3) is 0.259. The third-order valence-corrected chi connectivity index (χ3v) is 6.70. The van der Waals surface area contributed by atoms with Crippen LogP contribution in [0.5, 0.6) is 0 Å². The van der Waals surface area contributed by atoms with Gasteiger partial charge in [-0.3, -0.25) is 9.69 Å². The van der Waals surface area contributed by atoms with E-state index < -0.39 is 0 Å². The van der Waals surface area contributed by atoms with Gasteiger partial charge in [-0.15, -0.1) is 0 Å². The lowest BCUT2D eigenvalue weighted by atomic mass is 9.98. The molecule has 1 fully saturated rings. The number of halogens is 2. The molecule has 1 atom stereocenters. The maximum absolute atomic E-state index is 14.2. The largest absolute Gasteiger partial charge is 0.367 e.